The predicted molar refractivity (Wildman–Crippen MR) is 50.9 cm³/mol. The molecule has 1 heterocycles. The Morgan fingerprint density at radius 2 is 2.15 bits per heavy atom. The minimum Gasteiger partial charge on any atom is -0.311 e. The number of aryl methyl sites for hydroxylation is 1. The van der Waals surface area contributed by atoms with E-state index >= 15 is 0 Å². The molecule has 72 valence electrons. The molecule has 0 aliphatic heterocycles. The molecule has 0 radical (unpaired) electrons. The second-order valence-corrected chi connectivity index (χ2v) is 3.10. The van der Waals surface area contributed by atoms with E-state index in [1.807, 2.05) is 0 Å². The second kappa shape index (κ2) is 4.07. The molecule has 0 bridgehead atoms. The quantitative estimate of drug-likeness (QED) is 0.736. The van der Waals surface area contributed by atoms with Gasteiger partial charge in [0.1, 0.15) is 0 Å². The molecule has 0 spiro atoms. The summed E-state index contributed by atoms with van der Waals surface area (Å²) < 4.78 is 1.06. The second-order valence-electron chi connectivity index (χ2n) is 3.10. The van der Waals surface area contributed by atoms with Crippen molar-refractivity contribution in [3.63, 3.8) is 0 Å². The number of rotatable bonds is 3. The van der Waals surface area contributed by atoms with E-state index in [-0.39, 0.29) is 11.2 Å². The van der Waals surface area contributed by atoms with Crippen molar-refractivity contribution in [1.29, 1.82) is 0 Å². The predicted octanol–water partition coefficient (Wildman–Crippen LogP) is 0.416. The number of hydrogen-bond acceptors (Lipinski definition) is 2. The van der Waals surface area contributed by atoms with E-state index in [2.05, 4.69) is 11.9 Å². The van der Waals surface area contributed by atoms with Crippen LogP contribution in [0.1, 0.15) is 25.5 Å². The van der Waals surface area contributed by atoms with Gasteiger partial charge in [0.05, 0.1) is 0 Å². The molecule has 0 unspecified atom stereocenters. The lowest BCUT2D eigenvalue weighted by Crippen LogP contribution is -2.32. The molecule has 0 atom stereocenters. The first kappa shape index (κ1) is 9.77. The molecule has 1 aromatic rings. The Morgan fingerprint density at radius 1 is 1.46 bits per heavy atom. The standard InChI is InChI=1S/C9H14N2O2/c1-3-4-5-7-6-8(12)11(2)9(13)10-7/h6H,3-5H2,1-2H3,(H,10,13). The van der Waals surface area contributed by atoms with Crippen LogP contribution in [0, 0.1) is 0 Å². The molecule has 4 nitrogen and oxygen atoms in total. The van der Waals surface area contributed by atoms with Gasteiger partial charge in [-0.25, -0.2) is 4.79 Å². The number of H-pyrrole nitrogens is 1. The first-order valence-electron chi connectivity index (χ1n) is 4.44. The lowest BCUT2D eigenvalue weighted by Gasteiger charge is -2.00. The maximum absolute atomic E-state index is 11.2. The van der Waals surface area contributed by atoms with Crippen LogP contribution in [0.5, 0.6) is 0 Å². The van der Waals surface area contributed by atoms with Gasteiger partial charge in [0.25, 0.3) is 5.56 Å². The summed E-state index contributed by atoms with van der Waals surface area (Å²) in [5, 5.41) is 0. The Balaban J connectivity index is 3.00. The van der Waals surface area contributed by atoms with E-state index in [0.717, 1.165) is 29.5 Å². The summed E-state index contributed by atoms with van der Waals surface area (Å²) in [7, 11) is 1.46. The van der Waals surface area contributed by atoms with Crippen molar-refractivity contribution in [2.75, 3.05) is 0 Å². The smallest absolute Gasteiger partial charge is 0.311 e. The van der Waals surface area contributed by atoms with Crippen LogP contribution in [-0.4, -0.2) is 9.55 Å². The average Bonchev–Trinajstić information content (AvgIpc) is 2.10. The number of aromatic nitrogens is 2. The third-order valence-electron chi connectivity index (χ3n) is 2.00. The van der Waals surface area contributed by atoms with Crippen LogP contribution in [0.4, 0.5) is 0 Å². The van der Waals surface area contributed by atoms with E-state index in [0.29, 0.717) is 0 Å². The Kier molecular flexibility index (Phi) is 3.06. The molecule has 0 amide bonds. The zero-order chi connectivity index (χ0) is 9.84. The molecule has 0 saturated carbocycles. The van der Waals surface area contributed by atoms with Crippen LogP contribution >= 0.6 is 0 Å². The first-order chi connectivity index (χ1) is 6.15. The third-order valence-corrected chi connectivity index (χ3v) is 2.00. The summed E-state index contributed by atoms with van der Waals surface area (Å²) in [6, 6.07) is 1.48. The lowest BCUT2D eigenvalue weighted by molar-refractivity contribution is 0.720. The van der Waals surface area contributed by atoms with Crippen molar-refractivity contribution in [2.45, 2.75) is 26.2 Å². The third kappa shape index (κ3) is 2.31. The Labute approximate surface area is 76.2 Å². The van der Waals surface area contributed by atoms with Crippen molar-refractivity contribution < 1.29 is 0 Å². The number of aromatic amines is 1. The van der Waals surface area contributed by atoms with Crippen molar-refractivity contribution in [3.8, 4) is 0 Å². The molecule has 1 rings (SSSR count). The molecular formula is C9H14N2O2. The normalized spacial score (nSPS) is 10.3. The highest BCUT2D eigenvalue weighted by Gasteiger charge is 1.99. The Bertz CT molecular complexity index is 358. The molecule has 0 fully saturated rings. The fourth-order valence-electron chi connectivity index (χ4n) is 1.11. The van der Waals surface area contributed by atoms with Gasteiger partial charge >= 0.3 is 5.69 Å². The summed E-state index contributed by atoms with van der Waals surface area (Å²) >= 11 is 0. The van der Waals surface area contributed by atoms with Crippen LogP contribution in [0.15, 0.2) is 15.7 Å². The fourth-order valence-corrected chi connectivity index (χ4v) is 1.11. The fraction of sp³-hybridized carbons (Fsp3) is 0.556. The topological polar surface area (TPSA) is 54.9 Å². The molecule has 4 heteroatoms. The maximum Gasteiger partial charge on any atom is 0.328 e. The van der Waals surface area contributed by atoms with Crippen molar-refractivity contribution in [2.24, 2.45) is 7.05 Å². The van der Waals surface area contributed by atoms with Crippen LogP contribution in [-0.2, 0) is 13.5 Å². The molecule has 1 aromatic heterocycles. The average molecular weight is 182 g/mol. The highest BCUT2D eigenvalue weighted by Crippen LogP contribution is 1.96. The zero-order valence-corrected chi connectivity index (χ0v) is 7.96. The van der Waals surface area contributed by atoms with Gasteiger partial charge in [0.2, 0.25) is 0 Å². The van der Waals surface area contributed by atoms with Crippen molar-refractivity contribution in [1.82, 2.24) is 9.55 Å². The summed E-state index contributed by atoms with van der Waals surface area (Å²) in [6.45, 7) is 2.07. The number of unbranched alkanes of at least 4 members (excludes halogenated alkanes) is 1. The van der Waals surface area contributed by atoms with Crippen LogP contribution in [0.25, 0.3) is 0 Å². The summed E-state index contributed by atoms with van der Waals surface area (Å²) in [5.74, 6) is 0. The highest BCUT2D eigenvalue weighted by molar-refractivity contribution is 4.99. The maximum atomic E-state index is 11.2. The molecule has 0 saturated heterocycles. The molecule has 0 aliphatic rings. The van der Waals surface area contributed by atoms with Crippen LogP contribution in [0.2, 0.25) is 0 Å². The van der Waals surface area contributed by atoms with E-state index in [9.17, 15) is 9.59 Å². The highest BCUT2D eigenvalue weighted by atomic mass is 16.2. The van der Waals surface area contributed by atoms with Gasteiger partial charge < -0.3 is 4.98 Å². The number of nitrogens with zero attached hydrogens (tertiary/aromatic N) is 1. The van der Waals surface area contributed by atoms with Gasteiger partial charge in [-0.3, -0.25) is 9.36 Å². The van der Waals surface area contributed by atoms with Crippen LogP contribution in [0.3, 0.4) is 0 Å². The first-order valence-corrected chi connectivity index (χ1v) is 4.44. The molecular weight excluding hydrogens is 168 g/mol. The lowest BCUT2D eigenvalue weighted by atomic mass is 10.2. The summed E-state index contributed by atoms with van der Waals surface area (Å²) in [6.07, 6.45) is 2.81. The van der Waals surface area contributed by atoms with E-state index in [1.165, 1.54) is 13.1 Å². The zero-order valence-electron chi connectivity index (χ0n) is 7.96. The Hall–Kier alpha value is -1.32. The van der Waals surface area contributed by atoms with Gasteiger partial charge in [0, 0.05) is 18.8 Å². The van der Waals surface area contributed by atoms with E-state index in [1.54, 1.807) is 0 Å². The van der Waals surface area contributed by atoms with Gasteiger partial charge in [-0.2, -0.15) is 0 Å². The van der Waals surface area contributed by atoms with E-state index < -0.39 is 0 Å². The number of nitrogens with one attached hydrogen (secondary N) is 1. The molecule has 13 heavy (non-hydrogen) atoms. The van der Waals surface area contributed by atoms with Gasteiger partial charge in [-0.05, 0) is 12.8 Å². The Morgan fingerprint density at radius 3 is 2.69 bits per heavy atom. The van der Waals surface area contributed by atoms with E-state index in [4.69, 9.17) is 0 Å². The SMILES string of the molecule is CCCCc1cc(=O)n(C)c(=O)[nH]1. The molecule has 0 aromatic carbocycles. The van der Waals surface area contributed by atoms with Crippen molar-refractivity contribution >= 4 is 0 Å². The largest absolute Gasteiger partial charge is 0.328 e. The minimum absolute atomic E-state index is 0.241. The summed E-state index contributed by atoms with van der Waals surface area (Å²) in [4.78, 5) is 25.0. The van der Waals surface area contributed by atoms with Crippen molar-refractivity contribution in [3.05, 3.63) is 32.6 Å². The minimum atomic E-state index is -0.335. The van der Waals surface area contributed by atoms with Gasteiger partial charge in [0.15, 0.2) is 0 Å². The van der Waals surface area contributed by atoms with Gasteiger partial charge in [-0.15, -0.1) is 0 Å². The number of hydrogen-bond donors (Lipinski definition) is 1. The van der Waals surface area contributed by atoms with Crippen LogP contribution < -0.4 is 11.2 Å². The van der Waals surface area contributed by atoms with Gasteiger partial charge in [-0.1, -0.05) is 13.3 Å². The monoisotopic (exact) mass is 182 g/mol. The summed E-state index contributed by atoms with van der Waals surface area (Å²) in [5.41, 5.74) is 0.156. The molecule has 1 N–H and O–H groups in total. The molecule has 0 aliphatic carbocycles.